The number of aryl methyl sites for hydroxylation is 1. The largest absolute Gasteiger partial charge is 0.350 e. The quantitative estimate of drug-likeness (QED) is 0.912. The van der Waals surface area contributed by atoms with Crippen molar-refractivity contribution in [1.29, 1.82) is 0 Å². The third kappa shape index (κ3) is 3.52. The number of nitrogens with zero attached hydrogens (tertiary/aromatic N) is 3. The van der Waals surface area contributed by atoms with Crippen molar-refractivity contribution in [3.8, 4) is 0 Å². The van der Waals surface area contributed by atoms with E-state index in [1.165, 1.54) is 16.7 Å². The average Bonchev–Trinajstić information content (AvgIpc) is 2.60. The van der Waals surface area contributed by atoms with Crippen molar-refractivity contribution >= 4 is 11.7 Å². The van der Waals surface area contributed by atoms with Gasteiger partial charge in [-0.2, -0.15) is 0 Å². The Morgan fingerprint density at radius 2 is 2.16 bits per heavy atom. The molecule has 0 unspecified atom stereocenters. The molecule has 1 aliphatic rings. The maximum atomic E-state index is 13.7. The van der Waals surface area contributed by atoms with Gasteiger partial charge in [0.2, 0.25) is 0 Å². The highest BCUT2D eigenvalue weighted by atomic mass is 19.2. The van der Waals surface area contributed by atoms with E-state index in [9.17, 15) is 18.4 Å². The van der Waals surface area contributed by atoms with Crippen molar-refractivity contribution in [1.82, 2.24) is 14.9 Å². The molecule has 1 atom stereocenters. The molecule has 0 spiro atoms. The summed E-state index contributed by atoms with van der Waals surface area (Å²) in [5.74, 6) is -2.57. The van der Waals surface area contributed by atoms with Gasteiger partial charge in [-0.25, -0.2) is 13.8 Å². The number of rotatable bonds is 3. The Hall–Kier alpha value is -2.77. The fourth-order valence-electron chi connectivity index (χ4n) is 2.93. The number of carbonyl (C=O) groups is 1. The first-order valence-corrected chi connectivity index (χ1v) is 7.99. The smallest absolute Gasteiger partial charge is 0.293 e. The molecule has 0 saturated carbocycles. The van der Waals surface area contributed by atoms with Crippen LogP contribution in [0.2, 0.25) is 0 Å². The summed E-state index contributed by atoms with van der Waals surface area (Å²) in [4.78, 5) is 30.3. The summed E-state index contributed by atoms with van der Waals surface area (Å²) in [6, 6.07) is 3.21. The van der Waals surface area contributed by atoms with E-state index in [0.29, 0.717) is 25.3 Å². The van der Waals surface area contributed by atoms with Gasteiger partial charge in [-0.05, 0) is 25.0 Å². The van der Waals surface area contributed by atoms with Gasteiger partial charge in [0.25, 0.3) is 11.5 Å². The van der Waals surface area contributed by atoms with Crippen LogP contribution in [-0.2, 0) is 7.05 Å². The van der Waals surface area contributed by atoms with E-state index in [2.05, 4.69) is 10.3 Å². The van der Waals surface area contributed by atoms with E-state index >= 15 is 0 Å². The number of piperidine rings is 1. The molecular weight excluding hydrogens is 330 g/mol. The second kappa shape index (κ2) is 7.00. The zero-order valence-corrected chi connectivity index (χ0v) is 13.7. The van der Waals surface area contributed by atoms with Crippen LogP contribution in [0, 0.1) is 11.6 Å². The number of aromatic nitrogens is 2. The lowest BCUT2D eigenvalue weighted by Gasteiger charge is -2.33. The van der Waals surface area contributed by atoms with E-state index in [0.717, 1.165) is 12.5 Å². The summed E-state index contributed by atoms with van der Waals surface area (Å²) in [5, 5.41) is 2.71. The van der Waals surface area contributed by atoms with Crippen molar-refractivity contribution < 1.29 is 13.6 Å². The van der Waals surface area contributed by atoms with Crippen LogP contribution < -0.4 is 15.8 Å². The van der Waals surface area contributed by atoms with Crippen molar-refractivity contribution in [2.24, 2.45) is 7.05 Å². The molecule has 1 aromatic carbocycles. The number of nitrogens with one attached hydrogen (secondary N) is 1. The zero-order valence-electron chi connectivity index (χ0n) is 13.7. The molecular formula is C17H18F2N4O2. The molecule has 2 heterocycles. The Kier molecular flexibility index (Phi) is 4.78. The Bertz CT molecular complexity index is 853. The van der Waals surface area contributed by atoms with Crippen molar-refractivity contribution in [3.63, 3.8) is 0 Å². The molecule has 1 aliphatic heterocycles. The van der Waals surface area contributed by atoms with Crippen LogP contribution in [-0.4, -0.2) is 34.6 Å². The number of anilines is 1. The summed E-state index contributed by atoms with van der Waals surface area (Å²) < 4.78 is 28.5. The number of hydrogen-bond donors (Lipinski definition) is 1. The Morgan fingerprint density at radius 3 is 2.96 bits per heavy atom. The number of benzene rings is 1. The lowest BCUT2D eigenvalue weighted by molar-refractivity contribution is 0.0928. The molecule has 0 aliphatic carbocycles. The third-order valence-corrected chi connectivity index (χ3v) is 4.25. The van der Waals surface area contributed by atoms with E-state index in [-0.39, 0.29) is 17.2 Å². The Balaban J connectivity index is 1.74. The Morgan fingerprint density at radius 1 is 1.36 bits per heavy atom. The first kappa shape index (κ1) is 17.1. The highest BCUT2D eigenvalue weighted by molar-refractivity contribution is 5.94. The molecule has 1 saturated heterocycles. The van der Waals surface area contributed by atoms with Crippen molar-refractivity contribution in [3.05, 3.63) is 58.1 Å². The lowest BCUT2D eigenvalue weighted by Crippen LogP contribution is -2.49. The standard InChI is InChI=1S/C17H18F2N4O2/c1-22-9-7-20-15(17(22)25)23-8-3-4-11(10-23)21-16(24)12-5-2-6-13(18)14(12)19/h2,5-7,9,11H,3-4,8,10H2,1H3,(H,21,24)/t11-/m1/s1. The highest BCUT2D eigenvalue weighted by Crippen LogP contribution is 2.16. The Labute approximate surface area is 143 Å². The van der Waals surface area contributed by atoms with Gasteiger partial charge in [0.15, 0.2) is 17.5 Å². The fraction of sp³-hybridized carbons (Fsp3) is 0.353. The predicted molar refractivity (Wildman–Crippen MR) is 88.5 cm³/mol. The van der Waals surface area contributed by atoms with Crippen LogP contribution in [0.1, 0.15) is 23.2 Å². The minimum atomic E-state index is -1.16. The van der Waals surface area contributed by atoms with Crippen LogP contribution in [0.5, 0.6) is 0 Å². The molecule has 1 N–H and O–H groups in total. The predicted octanol–water partition coefficient (Wildman–Crippen LogP) is 1.46. The molecule has 1 fully saturated rings. The molecule has 2 aromatic rings. The minimum Gasteiger partial charge on any atom is -0.350 e. The van der Waals surface area contributed by atoms with Crippen LogP contribution in [0.25, 0.3) is 0 Å². The van der Waals surface area contributed by atoms with Gasteiger partial charge < -0.3 is 14.8 Å². The first-order chi connectivity index (χ1) is 12.0. The number of halogens is 2. The summed E-state index contributed by atoms with van der Waals surface area (Å²) in [5.41, 5.74) is -0.545. The van der Waals surface area contributed by atoms with Gasteiger partial charge >= 0.3 is 0 Å². The SMILES string of the molecule is Cn1ccnc(N2CCC[C@@H](NC(=O)c3cccc(F)c3F)C2)c1=O. The molecule has 132 valence electrons. The van der Waals surface area contributed by atoms with Crippen molar-refractivity contribution in [2.45, 2.75) is 18.9 Å². The van der Waals surface area contributed by atoms with Crippen molar-refractivity contribution in [2.75, 3.05) is 18.0 Å². The molecule has 8 heteroatoms. The second-order valence-electron chi connectivity index (χ2n) is 6.03. The van der Waals surface area contributed by atoms with Gasteiger partial charge in [0, 0.05) is 38.6 Å². The lowest BCUT2D eigenvalue weighted by atomic mass is 10.0. The van der Waals surface area contributed by atoms with Crippen LogP contribution in [0.15, 0.2) is 35.4 Å². The zero-order chi connectivity index (χ0) is 18.0. The van der Waals surface area contributed by atoms with Gasteiger partial charge in [-0.15, -0.1) is 0 Å². The third-order valence-electron chi connectivity index (χ3n) is 4.25. The van der Waals surface area contributed by atoms with Gasteiger partial charge in [-0.1, -0.05) is 6.07 Å². The normalized spacial score (nSPS) is 17.4. The summed E-state index contributed by atoms with van der Waals surface area (Å²) in [7, 11) is 1.64. The fourth-order valence-corrected chi connectivity index (χ4v) is 2.93. The topological polar surface area (TPSA) is 67.2 Å². The summed E-state index contributed by atoms with van der Waals surface area (Å²) in [6.45, 7) is 1.03. The number of amides is 1. The van der Waals surface area contributed by atoms with Crippen LogP contribution in [0.4, 0.5) is 14.6 Å². The molecule has 6 nitrogen and oxygen atoms in total. The molecule has 0 bridgehead atoms. The minimum absolute atomic E-state index is 0.217. The number of carbonyl (C=O) groups excluding carboxylic acids is 1. The van der Waals surface area contributed by atoms with Gasteiger partial charge in [0.1, 0.15) is 0 Å². The van der Waals surface area contributed by atoms with Crippen LogP contribution in [0.3, 0.4) is 0 Å². The monoisotopic (exact) mass is 348 g/mol. The molecule has 0 radical (unpaired) electrons. The first-order valence-electron chi connectivity index (χ1n) is 7.99. The van der Waals surface area contributed by atoms with E-state index in [4.69, 9.17) is 0 Å². The second-order valence-corrected chi connectivity index (χ2v) is 6.03. The highest BCUT2D eigenvalue weighted by Gasteiger charge is 2.25. The van der Waals surface area contributed by atoms with E-state index in [1.807, 2.05) is 0 Å². The summed E-state index contributed by atoms with van der Waals surface area (Å²) in [6.07, 6.45) is 4.55. The van der Waals surface area contributed by atoms with E-state index in [1.54, 1.807) is 24.3 Å². The summed E-state index contributed by atoms with van der Waals surface area (Å²) >= 11 is 0. The molecule has 25 heavy (non-hydrogen) atoms. The van der Waals surface area contributed by atoms with Gasteiger partial charge in [-0.3, -0.25) is 9.59 Å². The number of hydrogen-bond acceptors (Lipinski definition) is 4. The molecule has 1 amide bonds. The van der Waals surface area contributed by atoms with Gasteiger partial charge in [0.05, 0.1) is 5.56 Å². The van der Waals surface area contributed by atoms with E-state index < -0.39 is 17.5 Å². The maximum Gasteiger partial charge on any atom is 0.293 e. The average molecular weight is 348 g/mol. The molecule has 3 rings (SSSR count). The van der Waals surface area contributed by atoms with Crippen LogP contribution >= 0.6 is 0 Å². The molecule has 1 aromatic heterocycles. The maximum absolute atomic E-state index is 13.7.